The van der Waals surface area contributed by atoms with Crippen LogP contribution in [-0.4, -0.2) is 22.7 Å². The van der Waals surface area contributed by atoms with Crippen LogP contribution in [0.3, 0.4) is 0 Å². The lowest BCUT2D eigenvalue weighted by Crippen LogP contribution is -2.70. The topological polar surface area (TPSA) is 59.7 Å². The average Bonchev–Trinajstić information content (AvgIpc) is 2.78. The van der Waals surface area contributed by atoms with Crippen molar-refractivity contribution in [3.05, 3.63) is 70.8 Å². The van der Waals surface area contributed by atoms with Crippen LogP contribution in [0.25, 0.3) is 0 Å². The number of hydrogen-bond acceptors (Lipinski definition) is 4. The van der Waals surface area contributed by atoms with Crippen LogP contribution >= 0.6 is 11.8 Å². The van der Waals surface area contributed by atoms with Crippen LogP contribution in [-0.2, 0) is 18.3 Å². The third-order valence-corrected chi connectivity index (χ3v) is 9.37. The quantitative estimate of drug-likeness (QED) is 0.359. The minimum absolute atomic E-state index is 0.321. The fourth-order valence-electron chi connectivity index (χ4n) is 7.26. The molecule has 3 unspecified atom stereocenters. The van der Waals surface area contributed by atoms with E-state index >= 15 is 0 Å². The molecule has 2 saturated carbocycles. The van der Waals surface area contributed by atoms with Crippen molar-refractivity contribution in [2.24, 2.45) is 11.3 Å². The molecule has 2 aromatic rings. The molecule has 3 nitrogen and oxygen atoms in total. The van der Waals surface area contributed by atoms with E-state index in [1.165, 1.54) is 67.0 Å². The highest BCUT2D eigenvalue weighted by atomic mass is 32.2. The fraction of sp³-hybridized carbons (Fsp3) is 0.500. The number of fused-ring (bicyclic) bond motifs is 1. The Labute approximate surface area is 196 Å². The standard InChI is InChI=1S/C28H35N3S/c1-19(31-15-13-21-8-4-3-5-9-21)28-17-23-12-11-22(26(30)32-20(2)29)16-24(23)27(18-28)14-7-6-10-25(27)28/h3-5,8-9,11-12,16,19,25,29-31H,6-7,10,13-15,17-18H2,1-2H3/t19?,25?,27-,28?/m1/s1. The summed E-state index contributed by atoms with van der Waals surface area (Å²) in [6.07, 6.45) is 8.89. The summed E-state index contributed by atoms with van der Waals surface area (Å²) in [5.74, 6) is 0.761. The molecule has 2 bridgehead atoms. The molecule has 2 aromatic carbocycles. The Kier molecular flexibility index (Phi) is 5.79. The average molecular weight is 446 g/mol. The van der Waals surface area contributed by atoms with Crippen molar-refractivity contribution in [3.8, 4) is 0 Å². The Morgan fingerprint density at radius 3 is 2.75 bits per heavy atom. The Morgan fingerprint density at radius 2 is 1.97 bits per heavy atom. The zero-order valence-corrected chi connectivity index (χ0v) is 20.2. The Bertz CT molecular complexity index is 1030. The van der Waals surface area contributed by atoms with E-state index in [1.54, 1.807) is 6.92 Å². The molecular weight excluding hydrogens is 410 g/mol. The maximum atomic E-state index is 8.45. The first-order chi connectivity index (χ1) is 15.4. The van der Waals surface area contributed by atoms with Crippen molar-refractivity contribution >= 4 is 21.8 Å². The summed E-state index contributed by atoms with van der Waals surface area (Å²) < 4.78 is 0. The third kappa shape index (κ3) is 3.56. The van der Waals surface area contributed by atoms with E-state index in [0.717, 1.165) is 24.4 Å². The molecule has 0 saturated heterocycles. The van der Waals surface area contributed by atoms with Crippen LogP contribution in [0.1, 0.15) is 68.2 Å². The van der Waals surface area contributed by atoms with Crippen LogP contribution in [0.4, 0.5) is 0 Å². The van der Waals surface area contributed by atoms with Crippen molar-refractivity contribution in [2.75, 3.05) is 6.54 Å². The van der Waals surface area contributed by atoms with Gasteiger partial charge in [-0.25, -0.2) is 0 Å². The smallest absolute Gasteiger partial charge is 0.100 e. The number of thioether (sulfide) groups is 1. The molecule has 3 aliphatic carbocycles. The maximum Gasteiger partial charge on any atom is 0.100 e. The second-order valence-electron chi connectivity index (χ2n) is 10.3. The van der Waals surface area contributed by atoms with E-state index in [1.807, 2.05) is 0 Å². The van der Waals surface area contributed by atoms with Crippen LogP contribution in [0.5, 0.6) is 0 Å². The van der Waals surface area contributed by atoms with E-state index in [0.29, 0.717) is 27.0 Å². The molecule has 3 N–H and O–H groups in total. The molecule has 4 heteroatoms. The van der Waals surface area contributed by atoms with Crippen molar-refractivity contribution in [1.82, 2.24) is 5.32 Å². The van der Waals surface area contributed by atoms with Gasteiger partial charge in [0.25, 0.3) is 0 Å². The molecule has 4 atom stereocenters. The number of hydrogen-bond donors (Lipinski definition) is 3. The Hall–Kier alpha value is -1.91. The van der Waals surface area contributed by atoms with Crippen molar-refractivity contribution in [3.63, 3.8) is 0 Å². The summed E-state index contributed by atoms with van der Waals surface area (Å²) >= 11 is 1.27. The summed E-state index contributed by atoms with van der Waals surface area (Å²) in [4.78, 5) is 0. The largest absolute Gasteiger partial charge is 0.313 e. The van der Waals surface area contributed by atoms with Gasteiger partial charge in [-0.05, 0) is 92.0 Å². The summed E-state index contributed by atoms with van der Waals surface area (Å²) in [6, 6.07) is 18.1. The highest BCUT2D eigenvalue weighted by Crippen LogP contribution is 2.72. The molecule has 2 fully saturated rings. The van der Waals surface area contributed by atoms with Crippen LogP contribution in [0, 0.1) is 22.2 Å². The van der Waals surface area contributed by atoms with Crippen LogP contribution in [0.15, 0.2) is 48.5 Å². The SMILES string of the molecule is CC(=N)SC(=N)c1ccc2c(c1)[C@]13CCCCC1C(C(C)NCCc1ccccc1)(C2)C3. The summed E-state index contributed by atoms with van der Waals surface area (Å²) in [6.45, 7) is 5.23. The first kappa shape index (κ1) is 21.9. The highest BCUT2D eigenvalue weighted by Gasteiger charge is 2.68. The molecule has 3 aliphatic rings. The van der Waals surface area contributed by atoms with Crippen LogP contribution < -0.4 is 5.32 Å². The number of rotatable bonds is 6. The van der Waals surface area contributed by atoms with Gasteiger partial charge in [0.15, 0.2) is 0 Å². The normalized spacial score (nSPS) is 28.8. The lowest BCUT2D eigenvalue weighted by atomic mass is 9.33. The van der Waals surface area contributed by atoms with Crippen molar-refractivity contribution < 1.29 is 0 Å². The Morgan fingerprint density at radius 1 is 1.16 bits per heavy atom. The van der Waals surface area contributed by atoms with Gasteiger partial charge in [-0.3, -0.25) is 10.8 Å². The van der Waals surface area contributed by atoms with E-state index < -0.39 is 0 Å². The third-order valence-electron chi connectivity index (χ3n) is 8.62. The van der Waals surface area contributed by atoms with Gasteiger partial charge in [-0.15, -0.1) is 0 Å². The van der Waals surface area contributed by atoms with Crippen molar-refractivity contribution in [1.29, 1.82) is 10.8 Å². The maximum absolute atomic E-state index is 8.45. The summed E-state index contributed by atoms with van der Waals surface area (Å²) in [5.41, 5.74) is 6.14. The van der Waals surface area contributed by atoms with E-state index in [-0.39, 0.29) is 0 Å². The molecular formula is C28H35N3S. The number of benzene rings is 2. The first-order valence-corrected chi connectivity index (χ1v) is 13.0. The predicted molar refractivity (Wildman–Crippen MR) is 136 cm³/mol. The molecule has 5 rings (SSSR count). The first-order valence-electron chi connectivity index (χ1n) is 12.2. The summed E-state index contributed by atoms with van der Waals surface area (Å²) in [7, 11) is 0. The lowest BCUT2D eigenvalue weighted by molar-refractivity contribution is -0.133. The van der Waals surface area contributed by atoms with Crippen LogP contribution in [0.2, 0.25) is 0 Å². The minimum atomic E-state index is 0.321. The van der Waals surface area contributed by atoms with E-state index in [2.05, 4.69) is 60.8 Å². The van der Waals surface area contributed by atoms with Gasteiger partial charge >= 0.3 is 0 Å². The Balaban J connectivity index is 1.38. The molecule has 32 heavy (non-hydrogen) atoms. The van der Waals surface area contributed by atoms with E-state index in [4.69, 9.17) is 10.8 Å². The highest BCUT2D eigenvalue weighted by molar-refractivity contribution is 8.26. The summed E-state index contributed by atoms with van der Waals surface area (Å²) in [5, 5.41) is 21.1. The molecule has 0 amide bonds. The zero-order chi connectivity index (χ0) is 22.3. The van der Waals surface area contributed by atoms with Gasteiger partial charge < -0.3 is 5.32 Å². The molecule has 168 valence electrons. The fourth-order valence-corrected chi connectivity index (χ4v) is 7.81. The van der Waals surface area contributed by atoms with Gasteiger partial charge in [0.1, 0.15) is 5.04 Å². The predicted octanol–water partition coefficient (Wildman–Crippen LogP) is 6.34. The van der Waals surface area contributed by atoms with Gasteiger partial charge in [0.2, 0.25) is 0 Å². The van der Waals surface area contributed by atoms with Crippen molar-refractivity contribution in [2.45, 2.75) is 70.3 Å². The molecule has 0 aromatic heterocycles. The second kappa shape index (κ2) is 8.46. The zero-order valence-electron chi connectivity index (χ0n) is 19.3. The van der Waals surface area contributed by atoms with Gasteiger partial charge in [0.05, 0.1) is 5.04 Å². The van der Waals surface area contributed by atoms with Gasteiger partial charge in [-0.1, -0.05) is 67.1 Å². The molecule has 0 radical (unpaired) electrons. The minimum Gasteiger partial charge on any atom is -0.313 e. The van der Waals surface area contributed by atoms with Gasteiger partial charge in [0, 0.05) is 11.6 Å². The monoisotopic (exact) mass is 445 g/mol. The lowest BCUT2D eigenvalue weighted by Gasteiger charge is -2.71. The number of nitrogens with one attached hydrogen (secondary N) is 3. The van der Waals surface area contributed by atoms with Gasteiger partial charge in [-0.2, -0.15) is 0 Å². The van der Waals surface area contributed by atoms with E-state index in [9.17, 15) is 0 Å². The molecule has 0 spiro atoms. The second-order valence-corrected chi connectivity index (χ2v) is 11.5. The molecule has 0 aliphatic heterocycles. The molecule has 0 heterocycles.